The maximum Gasteiger partial charge on any atom is 0.178 e. The monoisotopic (exact) mass is 468 g/mol. The van der Waals surface area contributed by atoms with Crippen LogP contribution in [0.1, 0.15) is 26.7 Å². The van der Waals surface area contributed by atoms with Gasteiger partial charge in [-0.25, -0.2) is 0 Å². The van der Waals surface area contributed by atoms with Crippen molar-refractivity contribution in [3.8, 4) is 33.8 Å². The van der Waals surface area contributed by atoms with Crippen LogP contribution in [0.4, 0.5) is 0 Å². The summed E-state index contributed by atoms with van der Waals surface area (Å²) in [6.07, 6.45) is 1.73. The van der Waals surface area contributed by atoms with Crippen molar-refractivity contribution in [2.24, 2.45) is 0 Å². The van der Waals surface area contributed by atoms with Crippen molar-refractivity contribution in [3.63, 3.8) is 0 Å². The third-order valence-electron chi connectivity index (χ3n) is 6.20. The molecular weight excluding hydrogens is 439 g/mol. The number of hydrogen-bond donors (Lipinski definition) is 0. The number of rotatable bonds is 7. The summed E-state index contributed by atoms with van der Waals surface area (Å²) in [6.45, 7) is 5.28. The number of ether oxygens (including phenoxy) is 2. The maximum atomic E-state index is 15.5. The van der Waals surface area contributed by atoms with Crippen LogP contribution >= 0.6 is 7.14 Å². The minimum Gasteiger partial charge on any atom is -0.492 e. The Morgan fingerprint density at radius 2 is 1.00 bits per heavy atom. The van der Waals surface area contributed by atoms with E-state index in [0.717, 1.165) is 51.0 Å². The Morgan fingerprint density at radius 3 is 1.47 bits per heavy atom. The molecule has 0 radical (unpaired) electrons. The summed E-state index contributed by atoms with van der Waals surface area (Å²) in [7, 11) is -3.32. The Bertz CT molecular complexity index is 1280. The first kappa shape index (κ1) is 22.5. The van der Waals surface area contributed by atoms with E-state index in [0.29, 0.717) is 24.7 Å². The predicted molar refractivity (Wildman–Crippen MR) is 142 cm³/mol. The third-order valence-corrected chi connectivity index (χ3v) is 9.28. The second-order valence-corrected chi connectivity index (χ2v) is 11.2. The van der Waals surface area contributed by atoms with E-state index < -0.39 is 7.14 Å². The SMILES string of the molecule is CCCOc1c2cccc1P(=O)(c1ccccc1)c1cccc(c1OCCC)-c1ccccc1-2. The zero-order valence-electron chi connectivity index (χ0n) is 19.7. The van der Waals surface area contributed by atoms with Crippen molar-refractivity contribution in [3.05, 3.63) is 91.0 Å². The molecule has 5 rings (SSSR count). The topological polar surface area (TPSA) is 35.5 Å². The average Bonchev–Trinajstić information content (AvgIpc) is 2.90. The van der Waals surface area contributed by atoms with Crippen LogP contribution < -0.4 is 25.4 Å². The third kappa shape index (κ3) is 3.65. The van der Waals surface area contributed by atoms with E-state index in [9.17, 15) is 0 Å². The van der Waals surface area contributed by atoms with Crippen molar-refractivity contribution in [1.29, 1.82) is 0 Å². The van der Waals surface area contributed by atoms with Crippen LogP contribution in [0.15, 0.2) is 91.0 Å². The molecule has 1 aliphatic heterocycles. The zero-order chi connectivity index (χ0) is 23.5. The Balaban J connectivity index is 1.96. The lowest BCUT2D eigenvalue weighted by atomic mass is 9.93. The lowest BCUT2D eigenvalue weighted by molar-refractivity contribution is 0.321. The molecule has 0 N–H and O–H groups in total. The van der Waals surface area contributed by atoms with Crippen LogP contribution in [-0.2, 0) is 4.57 Å². The van der Waals surface area contributed by atoms with Crippen molar-refractivity contribution in [2.75, 3.05) is 13.2 Å². The second-order valence-electron chi connectivity index (χ2n) is 8.49. The molecule has 3 nitrogen and oxygen atoms in total. The van der Waals surface area contributed by atoms with E-state index in [1.54, 1.807) is 0 Å². The number of para-hydroxylation sites is 2. The van der Waals surface area contributed by atoms with E-state index in [1.165, 1.54) is 0 Å². The minimum absolute atomic E-state index is 0.553. The Hall–Kier alpha value is -3.29. The summed E-state index contributed by atoms with van der Waals surface area (Å²) in [5.74, 6) is 1.40. The summed E-state index contributed by atoms with van der Waals surface area (Å²) in [4.78, 5) is 0. The Morgan fingerprint density at radius 1 is 0.559 bits per heavy atom. The highest BCUT2D eigenvalue weighted by Gasteiger charge is 2.38. The quantitative estimate of drug-likeness (QED) is 0.254. The van der Waals surface area contributed by atoms with Crippen LogP contribution in [-0.4, -0.2) is 13.2 Å². The van der Waals surface area contributed by atoms with Crippen molar-refractivity contribution in [1.82, 2.24) is 0 Å². The Labute approximate surface area is 201 Å². The highest BCUT2D eigenvalue weighted by Crippen LogP contribution is 2.53. The van der Waals surface area contributed by atoms with Gasteiger partial charge >= 0.3 is 0 Å². The second kappa shape index (κ2) is 9.52. The molecule has 0 amide bonds. The molecule has 34 heavy (non-hydrogen) atoms. The molecule has 4 aromatic rings. The smallest absolute Gasteiger partial charge is 0.178 e. The summed E-state index contributed by atoms with van der Waals surface area (Å²) in [5.41, 5.74) is 4.02. The van der Waals surface area contributed by atoms with Gasteiger partial charge in [0.1, 0.15) is 11.5 Å². The van der Waals surface area contributed by atoms with Crippen molar-refractivity contribution >= 4 is 23.1 Å². The van der Waals surface area contributed by atoms with Gasteiger partial charge in [-0.3, -0.25) is 0 Å². The van der Waals surface area contributed by atoms with Gasteiger partial charge in [0.2, 0.25) is 0 Å². The standard InChI is InChI=1S/C30H29O3P/c1-3-20-32-29-25-16-10-18-27(29)34(31,22-12-6-5-7-13-22)28-19-11-17-26(30(28)33-21-4-2)24-15-9-8-14-23(24)25/h5-19H,3-4,20-21H2,1-2H3. The van der Waals surface area contributed by atoms with Crippen LogP contribution in [0, 0.1) is 0 Å². The first-order chi connectivity index (χ1) is 16.7. The largest absolute Gasteiger partial charge is 0.492 e. The van der Waals surface area contributed by atoms with Gasteiger partial charge in [-0.2, -0.15) is 0 Å². The van der Waals surface area contributed by atoms with Gasteiger partial charge < -0.3 is 14.0 Å². The highest BCUT2D eigenvalue weighted by atomic mass is 31.2. The molecule has 0 unspecified atom stereocenters. The van der Waals surface area contributed by atoms with E-state index in [4.69, 9.17) is 9.47 Å². The maximum absolute atomic E-state index is 15.5. The fraction of sp³-hybridized carbons (Fsp3) is 0.200. The molecule has 4 aromatic carbocycles. The zero-order valence-corrected chi connectivity index (χ0v) is 20.6. The van der Waals surface area contributed by atoms with Crippen LogP contribution in [0.2, 0.25) is 0 Å². The first-order valence-electron chi connectivity index (χ1n) is 12.0. The van der Waals surface area contributed by atoms with Gasteiger partial charge in [0, 0.05) is 16.4 Å². The highest BCUT2D eigenvalue weighted by molar-refractivity contribution is 7.85. The molecule has 4 heteroatoms. The molecule has 0 atom stereocenters. The minimum atomic E-state index is -3.32. The predicted octanol–water partition coefficient (Wildman–Crippen LogP) is 6.55. The number of hydrogen-bond acceptors (Lipinski definition) is 3. The lowest BCUT2D eigenvalue weighted by Crippen LogP contribution is -2.28. The fourth-order valence-electron chi connectivity index (χ4n) is 4.68. The molecule has 1 aliphatic rings. The molecule has 0 spiro atoms. The number of fused-ring (bicyclic) bond motifs is 7. The molecule has 1 heterocycles. The molecule has 0 aliphatic carbocycles. The Kier molecular flexibility index (Phi) is 6.30. The van der Waals surface area contributed by atoms with Crippen LogP contribution in [0.5, 0.6) is 11.5 Å². The summed E-state index contributed by atoms with van der Waals surface area (Å²) in [6, 6.07) is 30.1. The molecule has 0 aromatic heterocycles. The van der Waals surface area contributed by atoms with E-state index in [-0.39, 0.29) is 0 Å². The van der Waals surface area contributed by atoms with Gasteiger partial charge in [-0.1, -0.05) is 92.7 Å². The van der Waals surface area contributed by atoms with Gasteiger partial charge in [0.15, 0.2) is 7.14 Å². The van der Waals surface area contributed by atoms with E-state index >= 15 is 4.57 Å². The van der Waals surface area contributed by atoms with Gasteiger partial charge in [-0.15, -0.1) is 0 Å². The fourth-order valence-corrected chi connectivity index (χ4v) is 7.62. The summed E-state index contributed by atoms with van der Waals surface area (Å²) >= 11 is 0. The summed E-state index contributed by atoms with van der Waals surface area (Å²) in [5, 5.41) is 2.22. The van der Waals surface area contributed by atoms with Gasteiger partial charge in [0.05, 0.1) is 23.8 Å². The average molecular weight is 469 g/mol. The van der Waals surface area contributed by atoms with Crippen LogP contribution in [0.3, 0.4) is 0 Å². The molecule has 172 valence electrons. The molecule has 0 saturated heterocycles. The first-order valence-corrected chi connectivity index (χ1v) is 13.7. The van der Waals surface area contributed by atoms with Crippen molar-refractivity contribution < 1.29 is 14.0 Å². The summed E-state index contributed by atoms with van der Waals surface area (Å²) < 4.78 is 28.3. The molecule has 0 fully saturated rings. The van der Waals surface area contributed by atoms with Crippen molar-refractivity contribution in [2.45, 2.75) is 26.7 Å². The van der Waals surface area contributed by atoms with Crippen LogP contribution in [0.25, 0.3) is 22.3 Å². The molecule has 0 saturated carbocycles. The molecular formula is C30H29O3P. The molecule has 4 bridgehead atoms. The van der Waals surface area contributed by atoms with Gasteiger partial charge in [-0.05, 0) is 36.1 Å². The van der Waals surface area contributed by atoms with Gasteiger partial charge in [0.25, 0.3) is 0 Å². The lowest BCUT2D eigenvalue weighted by Gasteiger charge is -2.25. The number of benzene rings is 4. The van der Waals surface area contributed by atoms with E-state index in [1.807, 2.05) is 66.7 Å². The normalized spacial score (nSPS) is 13.2. The van der Waals surface area contributed by atoms with E-state index in [2.05, 4.69) is 38.1 Å².